The molecule has 0 radical (unpaired) electrons. The number of rotatable bonds is 6. The van der Waals surface area contributed by atoms with Gasteiger partial charge in [0, 0.05) is 19.1 Å². The Kier molecular flexibility index (Phi) is 6.22. The molecule has 1 heterocycles. The molecular formula is C22H28N2. The van der Waals surface area contributed by atoms with Crippen molar-refractivity contribution in [1.29, 1.82) is 0 Å². The first kappa shape index (κ1) is 16.9. The maximum atomic E-state index is 2.58. The van der Waals surface area contributed by atoms with E-state index in [1.807, 2.05) is 0 Å². The van der Waals surface area contributed by atoms with Gasteiger partial charge in [0.15, 0.2) is 0 Å². The molecule has 0 amide bonds. The summed E-state index contributed by atoms with van der Waals surface area (Å²) in [6.07, 6.45) is 7.04. The number of nitrogens with zero attached hydrogens (tertiary/aromatic N) is 2. The zero-order chi connectivity index (χ0) is 16.6. The third-order valence-electron chi connectivity index (χ3n) is 4.93. The van der Waals surface area contributed by atoms with Crippen molar-refractivity contribution in [1.82, 2.24) is 9.80 Å². The highest BCUT2D eigenvalue weighted by molar-refractivity contribution is 5.48. The molecule has 0 unspecified atom stereocenters. The SMILES string of the molecule is CN(C/C=C/c1ccccc1)C1CCN(Cc2ccccc2)CC1. The number of hydrogen-bond donors (Lipinski definition) is 0. The van der Waals surface area contributed by atoms with Gasteiger partial charge in [0.25, 0.3) is 0 Å². The fourth-order valence-electron chi connectivity index (χ4n) is 3.43. The Hall–Kier alpha value is -1.90. The van der Waals surface area contributed by atoms with Gasteiger partial charge in [-0.25, -0.2) is 0 Å². The summed E-state index contributed by atoms with van der Waals surface area (Å²) < 4.78 is 0. The van der Waals surface area contributed by atoms with Crippen LogP contribution in [0.3, 0.4) is 0 Å². The molecule has 0 atom stereocenters. The summed E-state index contributed by atoms with van der Waals surface area (Å²) in [5.41, 5.74) is 2.71. The smallest absolute Gasteiger partial charge is 0.0233 e. The van der Waals surface area contributed by atoms with Crippen LogP contribution in [0.15, 0.2) is 66.7 Å². The van der Waals surface area contributed by atoms with E-state index in [0.717, 1.165) is 13.1 Å². The van der Waals surface area contributed by atoms with Crippen molar-refractivity contribution in [2.45, 2.75) is 25.4 Å². The second-order valence-corrected chi connectivity index (χ2v) is 6.75. The average molecular weight is 320 g/mol. The van der Waals surface area contributed by atoms with E-state index < -0.39 is 0 Å². The maximum absolute atomic E-state index is 2.58. The van der Waals surface area contributed by atoms with Gasteiger partial charge in [-0.1, -0.05) is 72.8 Å². The van der Waals surface area contributed by atoms with Crippen LogP contribution in [-0.2, 0) is 6.54 Å². The topological polar surface area (TPSA) is 6.48 Å². The fourth-order valence-corrected chi connectivity index (χ4v) is 3.43. The molecule has 0 aliphatic carbocycles. The van der Waals surface area contributed by atoms with E-state index in [4.69, 9.17) is 0 Å². The number of piperidine rings is 1. The second-order valence-electron chi connectivity index (χ2n) is 6.75. The van der Waals surface area contributed by atoms with Gasteiger partial charge in [-0.05, 0) is 44.1 Å². The normalized spacial score (nSPS) is 16.9. The summed E-state index contributed by atoms with van der Waals surface area (Å²) in [4.78, 5) is 5.08. The molecule has 1 aliphatic rings. The van der Waals surface area contributed by atoms with Crippen molar-refractivity contribution in [3.05, 3.63) is 77.9 Å². The fraction of sp³-hybridized carbons (Fsp3) is 0.364. The first-order valence-corrected chi connectivity index (χ1v) is 8.99. The van der Waals surface area contributed by atoms with Crippen molar-refractivity contribution < 1.29 is 0 Å². The van der Waals surface area contributed by atoms with E-state index in [9.17, 15) is 0 Å². The Bertz CT molecular complexity index is 613. The molecule has 1 saturated heterocycles. The van der Waals surface area contributed by atoms with Gasteiger partial charge in [0.1, 0.15) is 0 Å². The Morgan fingerprint density at radius 1 is 0.958 bits per heavy atom. The average Bonchev–Trinajstić information content (AvgIpc) is 2.64. The standard InChI is InChI=1S/C22H28N2/c1-23(16-8-13-20-9-4-2-5-10-20)22-14-17-24(18-15-22)19-21-11-6-3-7-12-21/h2-13,22H,14-19H2,1H3/b13-8+. The summed E-state index contributed by atoms with van der Waals surface area (Å²) in [7, 11) is 2.26. The minimum absolute atomic E-state index is 0.706. The Balaban J connectivity index is 1.42. The van der Waals surface area contributed by atoms with Crippen LogP contribution in [0, 0.1) is 0 Å². The van der Waals surface area contributed by atoms with Gasteiger partial charge in [0.05, 0.1) is 0 Å². The lowest BCUT2D eigenvalue weighted by Gasteiger charge is -2.36. The molecule has 24 heavy (non-hydrogen) atoms. The highest BCUT2D eigenvalue weighted by Gasteiger charge is 2.21. The largest absolute Gasteiger partial charge is 0.300 e. The first-order chi connectivity index (χ1) is 11.8. The molecule has 0 saturated carbocycles. The minimum Gasteiger partial charge on any atom is -0.300 e. The summed E-state index contributed by atoms with van der Waals surface area (Å²) in [5.74, 6) is 0. The van der Waals surface area contributed by atoms with Crippen LogP contribution in [0.2, 0.25) is 0 Å². The lowest BCUT2D eigenvalue weighted by Crippen LogP contribution is -2.43. The molecule has 0 aromatic heterocycles. The van der Waals surface area contributed by atoms with Crippen molar-refractivity contribution in [3.8, 4) is 0 Å². The highest BCUT2D eigenvalue weighted by Crippen LogP contribution is 2.17. The summed E-state index contributed by atoms with van der Waals surface area (Å²) in [6.45, 7) is 4.52. The summed E-state index contributed by atoms with van der Waals surface area (Å²) in [6, 6.07) is 22.1. The van der Waals surface area contributed by atoms with Crippen molar-refractivity contribution in [2.24, 2.45) is 0 Å². The molecule has 126 valence electrons. The third-order valence-corrected chi connectivity index (χ3v) is 4.93. The molecular weight excluding hydrogens is 292 g/mol. The monoisotopic (exact) mass is 320 g/mol. The predicted molar refractivity (Wildman–Crippen MR) is 103 cm³/mol. The van der Waals surface area contributed by atoms with Gasteiger partial charge in [-0.3, -0.25) is 9.80 Å². The van der Waals surface area contributed by atoms with Crippen molar-refractivity contribution in [2.75, 3.05) is 26.7 Å². The van der Waals surface area contributed by atoms with Gasteiger partial charge in [0.2, 0.25) is 0 Å². The van der Waals surface area contributed by atoms with Crippen LogP contribution in [0.1, 0.15) is 24.0 Å². The minimum atomic E-state index is 0.706. The molecule has 1 aliphatic heterocycles. The molecule has 0 N–H and O–H groups in total. The molecule has 0 bridgehead atoms. The maximum Gasteiger partial charge on any atom is 0.0233 e. The van der Waals surface area contributed by atoms with Crippen LogP contribution >= 0.6 is 0 Å². The zero-order valence-electron chi connectivity index (χ0n) is 14.6. The van der Waals surface area contributed by atoms with Gasteiger partial charge in [-0.15, -0.1) is 0 Å². The van der Waals surface area contributed by atoms with E-state index in [1.54, 1.807) is 0 Å². The molecule has 2 aromatic rings. The van der Waals surface area contributed by atoms with Crippen molar-refractivity contribution >= 4 is 6.08 Å². The van der Waals surface area contributed by atoms with Gasteiger partial charge in [-0.2, -0.15) is 0 Å². The van der Waals surface area contributed by atoms with E-state index in [1.165, 1.54) is 37.1 Å². The number of likely N-dealkylation sites (tertiary alicyclic amines) is 1. The molecule has 0 spiro atoms. The van der Waals surface area contributed by atoms with E-state index in [0.29, 0.717) is 6.04 Å². The van der Waals surface area contributed by atoms with Crippen LogP contribution in [0.25, 0.3) is 6.08 Å². The van der Waals surface area contributed by atoms with Crippen LogP contribution in [0.4, 0.5) is 0 Å². The van der Waals surface area contributed by atoms with E-state index in [-0.39, 0.29) is 0 Å². The Morgan fingerprint density at radius 2 is 1.58 bits per heavy atom. The van der Waals surface area contributed by atoms with Crippen LogP contribution in [-0.4, -0.2) is 42.5 Å². The van der Waals surface area contributed by atoms with E-state index >= 15 is 0 Å². The Labute approximate surface area is 146 Å². The lowest BCUT2D eigenvalue weighted by atomic mass is 10.0. The third kappa shape index (κ3) is 5.05. The second kappa shape index (κ2) is 8.81. The number of likely N-dealkylation sites (N-methyl/N-ethyl adjacent to an activating group) is 1. The predicted octanol–water partition coefficient (Wildman–Crippen LogP) is 4.30. The summed E-state index contributed by atoms with van der Waals surface area (Å²) >= 11 is 0. The molecule has 2 heteroatoms. The molecule has 2 nitrogen and oxygen atoms in total. The quantitative estimate of drug-likeness (QED) is 0.783. The molecule has 3 rings (SSSR count). The number of hydrogen-bond acceptors (Lipinski definition) is 2. The molecule has 2 aromatic carbocycles. The molecule has 1 fully saturated rings. The Morgan fingerprint density at radius 3 is 2.25 bits per heavy atom. The highest BCUT2D eigenvalue weighted by atomic mass is 15.2. The zero-order valence-corrected chi connectivity index (χ0v) is 14.6. The van der Waals surface area contributed by atoms with E-state index in [2.05, 4.69) is 89.7 Å². The van der Waals surface area contributed by atoms with Gasteiger partial charge < -0.3 is 0 Å². The summed E-state index contributed by atoms with van der Waals surface area (Å²) in [5, 5.41) is 0. The lowest BCUT2D eigenvalue weighted by molar-refractivity contribution is 0.131. The van der Waals surface area contributed by atoms with Gasteiger partial charge >= 0.3 is 0 Å². The van der Waals surface area contributed by atoms with Crippen LogP contribution < -0.4 is 0 Å². The van der Waals surface area contributed by atoms with Crippen LogP contribution in [0.5, 0.6) is 0 Å². The number of benzene rings is 2. The van der Waals surface area contributed by atoms with Crippen molar-refractivity contribution in [3.63, 3.8) is 0 Å². The first-order valence-electron chi connectivity index (χ1n) is 8.99.